The second-order valence-corrected chi connectivity index (χ2v) is 4.65. The third-order valence-electron chi connectivity index (χ3n) is 2.48. The number of hydrogen-bond acceptors (Lipinski definition) is 2. The normalized spacial score (nSPS) is 11.9. The molecule has 0 bridgehead atoms. The van der Waals surface area contributed by atoms with Gasteiger partial charge >= 0.3 is 0 Å². The minimum absolute atomic E-state index is 0. The lowest BCUT2D eigenvalue weighted by molar-refractivity contribution is -0.118. The predicted molar refractivity (Wildman–Crippen MR) is 74.9 cm³/mol. The Morgan fingerprint density at radius 2 is 2.00 bits per heavy atom. The van der Waals surface area contributed by atoms with Crippen LogP contribution >= 0.6 is 24.0 Å². The average Bonchev–Trinajstić information content (AvgIpc) is 2.22. The molecule has 1 amide bonds. The van der Waals surface area contributed by atoms with Gasteiger partial charge in [0, 0.05) is 10.7 Å². The monoisotopic (exact) mass is 276 g/mol. The summed E-state index contributed by atoms with van der Waals surface area (Å²) in [6, 6.07) is 4.87. The van der Waals surface area contributed by atoms with E-state index in [2.05, 4.69) is 5.32 Å². The van der Waals surface area contributed by atoms with E-state index < -0.39 is 6.04 Å². The Balaban J connectivity index is 0.00000256. The molecule has 1 aromatic rings. The Bertz CT molecular complexity index is 394. The van der Waals surface area contributed by atoms with Gasteiger partial charge in [0.05, 0.1) is 6.04 Å². The highest BCUT2D eigenvalue weighted by atomic mass is 35.5. The number of halogens is 2. The van der Waals surface area contributed by atoms with Gasteiger partial charge in [-0.05, 0) is 30.5 Å². The van der Waals surface area contributed by atoms with Crippen molar-refractivity contribution in [2.24, 2.45) is 11.7 Å². The first-order chi connectivity index (χ1) is 7.41. The summed E-state index contributed by atoms with van der Waals surface area (Å²) in [5, 5.41) is 3.38. The summed E-state index contributed by atoms with van der Waals surface area (Å²) < 4.78 is 0. The van der Waals surface area contributed by atoms with Crippen molar-refractivity contribution < 1.29 is 4.79 Å². The quantitative estimate of drug-likeness (QED) is 0.892. The van der Waals surface area contributed by atoms with Crippen molar-refractivity contribution in [2.75, 3.05) is 5.32 Å². The Kier molecular flexibility index (Phi) is 6.53. The highest BCUT2D eigenvalue weighted by Gasteiger charge is 2.17. The van der Waals surface area contributed by atoms with Crippen LogP contribution in [0.5, 0.6) is 0 Å². The van der Waals surface area contributed by atoms with E-state index in [9.17, 15) is 4.79 Å². The molecule has 0 aromatic heterocycles. The van der Waals surface area contributed by atoms with E-state index in [0.29, 0.717) is 10.7 Å². The summed E-state index contributed by atoms with van der Waals surface area (Å²) in [5.41, 5.74) is 7.43. The SMILES string of the molecule is Cc1ccc(Cl)cc1NC(=O)[C@H](N)C(C)C.Cl. The van der Waals surface area contributed by atoms with Crippen LogP contribution in [0.15, 0.2) is 18.2 Å². The van der Waals surface area contributed by atoms with Crippen molar-refractivity contribution >= 4 is 35.6 Å². The first-order valence-corrected chi connectivity index (χ1v) is 5.62. The third kappa shape index (κ3) is 4.54. The lowest BCUT2D eigenvalue weighted by Gasteiger charge is -2.16. The van der Waals surface area contributed by atoms with E-state index in [1.54, 1.807) is 12.1 Å². The fourth-order valence-electron chi connectivity index (χ4n) is 1.25. The summed E-state index contributed by atoms with van der Waals surface area (Å²) in [4.78, 5) is 11.7. The van der Waals surface area contributed by atoms with Crippen LogP contribution in [0.1, 0.15) is 19.4 Å². The number of hydrogen-bond donors (Lipinski definition) is 2. The van der Waals surface area contributed by atoms with Crippen LogP contribution in [0.25, 0.3) is 0 Å². The summed E-state index contributed by atoms with van der Waals surface area (Å²) in [6.07, 6.45) is 0. The average molecular weight is 277 g/mol. The Morgan fingerprint density at radius 1 is 1.41 bits per heavy atom. The molecular weight excluding hydrogens is 259 g/mol. The van der Waals surface area contributed by atoms with Crippen LogP contribution < -0.4 is 11.1 Å². The summed E-state index contributed by atoms with van der Waals surface area (Å²) in [5.74, 6) is -0.0696. The minimum atomic E-state index is -0.501. The van der Waals surface area contributed by atoms with Crippen molar-refractivity contribution in [2.45, 2.75) is 26.8 Å². The molecule has 0 fully saturated rings. The zero-order valence-corrected chi connectivity index (χ0v) is 11.7. The molecule has 5 heteroatoms. The zero-order chi connectivity index (χ0) is 12.3. The number of anilines is 1. The van der Waals surface area contributed by atoms with Crippen LogP contribution in [0.2, 0.25) is 5.02 Å². The number of rotatable bonds is 3. The Labute approximate surface area is 113 Å². The topological polar surface area (TPSA) is 55.1 Å². The molecule has 1 aromatic carbocycles. The second kappa shape index (κ2) is 6.84. The van der Waals surface area contributed by atoms with Crippen molar-refractivity contribution in [1.29, 1.82) is 0 Å². The predicted octanol–water partition coefficient (Wildman–Crippen LogP) is 2.99. The smallest absolute Gasteiger partial charge is 0.241 e. The molecular formula is C12H18Cl2N2O. The maximum Gasteiger partial charge on any atom is 0.241 e. The summed E-state index contributed by atoms with van der Waals surface area (Å²) in [6.45, 7) is 5.73. The van der Waals surface area contributed by atoms with Crippen molar-refractivity contribution in [1.82, 2.24) is 0 Å². The van der Waals surface area contributed by atoms with Gasteiger partial charge in [-0.3, -0.25) is 4.79 Å². The molecule has 17 heavy (non-hydrogen) atoms. The highest BCUT2D eigenvalue weighted by Crippen LogP contribution is 2.20. The van der Waals surface area contributed by atoms with Gasteiger partial charge in [0.15, 0.2) is 0 Å². The molecule has 0 saturated carbocycles. The highest BCUT2D eigenvalue weighted by molar-refractivity contribution is 6.31. The number of benzene rings is 1. The van der Waals surface area contributed by atoms with Crippen LogP contribution in [-0.2, 0) is 4.79 Å². The van der Waals surface area contributed by atoms with Gasteiger partial charge in [0.1, 0.15) is 0 Å². The number of nitrogens with one attached hydrogen (secondary N) is 1. The molecule has 0 aliphatic heterocycles. The Morgan fingerprint density at radius 3 is 2.53 bits per heavy atom. The first kappa shape index (κ1) is 16.2. The fraction of sp³-hybridized carbons (Fsp3) is 0.417. The van der Waals surface area contributed by atoms with Crippen molar-refractivity contribution in [3.8, 4) is 0 Å². The van der Waals surface area contributed by atoms with Gasteiger partial charge in [-0.25, -0.2) is 0 Å². The van der Waals surface area contributed by atoms with Crippen LogP contribution in [0, 0.1) is 12.8 Å². The maximum atomic E-state index is 11.7. The van der Waals surface area contributed by atoms with Gasteiger partial charge in [-0.1, -0.05) is 31.5 Å². The molecule has 1 rings (SSSR count). The van der Waals surface area contributed by atoms with E-state index in [-0.39, 0.29) is 24.2 Å². The van der Waals surface area contributed by atoms with Crippen molar-refractivity contribution in [3.05, 3.63) is 28.8 Å². The molecule has 0 unspecified atom stereocenters. The fourth-order valence-corrected chi connectivity index (χ4v) is 1.42. The van der Waals surface area contributed by atoms with Crippen molar-refractivity contribution in [3.63, 3.8) is 0 Å². The van der Waals surface area contributed by atoms with E-state index in [1.807, 2.05) is 26.8 Å². The van der Waals surface area contributed by atoms with Gasteiger partial charge < -0.3 is 11.1 Å². The molecule has 96 valence electrons. The standard InChI is InChI=1S/C12H17ClN2O.ClH/c1-7(2)11(14)12(16)15-10-6-9(13)5-4-8(10)3;/h4-7,11H,14H2,1-3H3,(H,15,16);1H/t11-;/m1./s1. The van der Waals surface area contributed by atoms with E-state index >= 15 is 0 Å². The molecule has 0 aliphatic carbocycles. The van der Waals surface area contributed by atoms with Crippen LogP contribution in [0.3, 0.4) is 0 Å². The number of aryl methyl sites for hydroxylation is 1. The number of carbonyl (C=O) groups is 1. The zero-order valence-electron chi connectivity index (χ0n) is 10.2. The molecule has 3 N–H and O–H groups in total. The summed E-state index contributed by atoms with van der Waals surface area (Å²) in [7, 11) is 0. The minimum Gasteiger partial charge on any atom is -0.324 e. The van der Waals surface area contributed by atoms with Crippen LogP contribution in [-0.4, -0.2) is 11.9 Å². The largest absolute Gasteiger partial charge is 0.324 e. The van der Waals surface area contributed by atoms with E-state index in [4.69, 9.17) is 17.3 Å². The van der Waals surface area contributed by atoms with Gasteiger partial charge in [-0.2, -0.15) is 0 Å². The summed E-state index contributed by atoms with van der Waals surface area (Å²) >= 11 is 5.86. The molecule has 0 heterocycles. The lowest BCUT2D eigenvalue weighted by Crippen LogP contribution is -2.39. The maximum absolute atomic E-state index is 11.7. The molecule has 0 spiro atoms. The Hall–Kier alpha value is -0.770. The number of amides is 1. The molecule has 3 nitrogen and oxygen atoms in total. The third-order valence-corrected chi connectivity index (χ3v) is 2.71. The van der Waals surface area contributed by atoms with Crippen LogP contribution in [0.4, 0.5) is 5.69 Å². The molecule has 1 atom stereocenters. The van der Waals surface area contributed by atoms with Gasteiger partial charge in [-0.15, -0.1) is 12.4 Å². The molecule has 0 radical (unpaired) electrons. The lowest BCUT2D eigenvalue weighted by atomic mass is 10.0. The van der Waals surface area contributed by atoms with Gasteiger partial charge in [0.2, 0.25) is 5.91 Å². The van der Waals surface area contributed by atoms with Gasteiger partial charge in [0.25, 0.3) is 0 Å². The molecule has 0 saturated heterocycles. The second-order valence-electron chi connectivity index (χ2n) is 4.22. The van der Waals surface area contributed by atoms with E-state index in [1.165, 1.54) is 0 Å². The van der Waals surface area contributed by atoms with E-state index in [0.717, 1.165) is 5.56 Å². The number of carbonyl (C=O) groups excluding carboxylic acids is 1. The number of nitrogens with two attached hydrogens (primary N) is 1. The first-order valence-electron chi connectivity index (χ1n) is 5.24. The molecule has 0 aliphatic rings.